The van der Waals surface area contributed by atoms with Gasteiger partial charge in [0.05, 0.1) is 36.1 Å². The highest BCUT2D eigenvalue weighted by Crippen LogP contribution is 2.38. The van der Waals surface area contributed by atoms with Gasteiger partial charge in [-0.15, -0.1) is 11.3 Å². The van der Waals surface area contributed by atoms with Crippen molar-refractivity contribution in [1.82, 2.24) is 5.43 Å². The molecule has 0 spiro atoms. The Morgan fingerprint density at radius 1 is 1.02 bits per heavy atom. The second-order valence-corrected chi connectivity index (χ2v) is 10.1. The molecule has 2 amide bonds. The topological polar surface area (TPSA) is 132 Å². The quantitative estimate of drug-likeness (QED) is 0.128. The molecule has 3 aromatic rings. The van der Waals surface area contributed by atoms with Crippen LogP contribution in [0.25, 0.3) is 0 Å². The summed E-state index contributed by atoms with van der Waals surface area (Å²) in [6.07, 6.45) is 4.75. The summed E-state index contributed by atoms with van der Waals surface area (Å²) in [5.41, 5.74) is 4.05. The molecule has 0 atom stereocenters. The van der Waals surface area contributed by atoms with Gasteiger partial charge in [0.25, 0.3) is 0 Å². The minimum Gasteiger partial charge on any atom is -0.493 e. The molecule has 0 fully saturated rings. The van der Waals surface area contributed by atoms with Gasteiger partial charge in [-0.1, -0.05) is 23.7 Å². The lowest BCUT2D eigenvalue weighted by atomic mass is 9.95. The Morgan fingerprint density at radius 2 is 1.80 bits per heavy atom. The number of nitrogens with one attached hydrogen (secondary N) is 2. The van der Waals surface area contributed by atoms with Gasteiger partial charge in [-0.2, -0.15) is 5.10 Å². The SMILES string of the molecule is CCOC(=O)c1c(NC(=O)C(=O)NN=Cc2ccc(OC(=O)c3ccccc3Cl)c(OC)c2)sc2c1CCCC2. The number of rotatable bonds is 8. The highest BCUT2D eigenvalue weighted by molar-refractivity contribution is 7.17. The van der Waals surface area contributed by atoms with E-state index in [0.29, 0.717) is 22.5 Å². The maximum absolute atomic E-state index is 12.6. The Labute approximate surface area is 239 Å². The lowest BCUT2D eigenvalue weighted by molar-refractivity contribution is -0.136. The maximum atomic E-state index is 12.6. The predicted octanol–water partition coefficient (Wildman–Crippen LogP) is 4.77. The first-order valence-electron chi connectivity index (χ1n) is 12.4. The maximum Gasteiger partial charge on any atom is 0.345 e. The predicted molar refractivity (Wildman–Crippen MR) is 151 cm³/mol. The highest BCUT2D eigenvalue weighted by atomic mass is 35.5. The van der Waals surface area contributed by atoms with Crippen molar-refractivity contribution in [2.45, 2.75) is 32.6 Å². The first kappa shape index (κ1) is 28.8. The van der Waals surface area contributed by atoms with Gasteiger partial charge in [-0.25, -0.2) is 15.0 Å². The van der Waals surface area contributed by atoms with Gasteiger partial charge in [-0.3, -0.25) is 9.59 Å². The van der Waals surface area contributed by atoms with E-state index < -0.39 is 23.8 Å². The molecule has 4 rings (SSSR count). The first-order valence-corrected chi connectivity index (χ1v) is 13.6. The van der Waals surface area contributed by atoms with Gasteiger partial charge in [0, 0.05) is 4.88 Å². The van der Waals surface area contributed by atoms with Crippen molar-refractivity contribution >= 4 is 57.9 Å². The van der Waals surface area contributed by atoms with Crippen LogP contribution in [-0.4, -0.2) is 43.7 Å². The number of hydrazone groups is 1. The zero-order valence-electron chi connectivity index (χ0n) is 21.7. The van der Waals surface area contributed by atoms with Gasteiger partial charge >= 0.3 is 23.8 Å². The number of methoxy groups -OCH3 is 1. The van der Waals surface area contributed by atoms with Crippen LogP contribution in [0.15, 0.2) is 47.6 Å². The molecule has 0 aliphatic heterocycles. The van der Waals surface area contributed by atoms with Crippen LogP contribution in [0.1, 0.15) is 56.5 Å². The molecular weight excluding hydrogens is 558 g/mol. The summed E-state index contributed by atoms with van der Waals surface area (Å²) >= 11 is 7.34. The fourth-order valence-corrected chi connectivity index (χ4v) is 5.56. The molecule has 10 nitrogen and oxygen atoms in total. The van der Waals surface area contributed by atoms with E-state index in [1.54, 1.807) is 37.3 Å². The molecule has 2 aromatic carbocycles. The van der Waals surface area contributed by atoms with E-state index in [1.807, 2.05) is 0 Å². The lowest BCUT2D eigenvalue weighted by Crippen LogP contribution is -2.32. The minimum atomic E-state index is -1.02. The van der Waals surface area contributed by atoms with Crippen molar-refractivity contribution in [1.29, 1.82) is 0 Å². The number of fused-ring (bicyclic) bond motifs is 1. The third kappa shape index (κ3) is 6.67. The Morgan fingerprint density at radius 3 is 2.55 bits per heavy atom. The van der Waals surface area contributed by atoms with Crippen LogP contribution < -0.4 is 20.2 Å². The average molecular weight is 584 g/mol. The normalized spacial score (nSPS) is 12.4. The first-order chi connectivity index (χ1) is 19.3. The van der Waals surface area contributed by atoms with Crippen LogP contribution >= 0.6 is 22.9 Å². The van der Waals surface area contributed by atoms with E-state index >= 15 is 0 Å². The number of amides is 2. The third-order valence-electron chi connectivity index (χ3n) is 5.95. The summed E-state index contributed by atoms with van der Waals surface area (Å²) in [6, 6.07) is 11.1. The molecule has 0 bridgehead atoms. The minimum absolute atomic E-state index is 0.157. The number of esters is 2. The molecule has 1 aromatic heterocycles. The summed E-state index contributed by atoms with van der Waals surface area (Å²) in [5, 5.41) is 6.91. The second kappa shape index (κ2) is 13.2. The molecule has 1 heterocycles. The van der Waals surface area contributed by atoms with Gasteiger partial charge < -0.3 is 19.5 Å². The zero-order valence-corrected chi connectivity index (χ0v) is 23.3. The van der Waals surface area contributed by atoms with E-state index in [0.717, 1.165) is 29.7 Å². The molecule has 0 saturated carbocycles. The molecule has 1 aliphatic rings. The molecular formula is C28H26ClN3O7S. The van der Waals surface area contributed by atoms with Crippen LogP contribution in [0, 0.1) is 0 Å². The zero-order chi connectivity index (χ0) is 28.6. The van der Waals surface area contributed by atoms with Gasteiger partial charge in [0.2, 0.25) is 0 Å². The molecule has 0 saturated heterocycles. The largest absolute Gasteiger partial charge is 0.493 e. The summed E-state index contributed by atoms with van der Waals surface area (Å²) in [7, 11) is 1.40. The van der Waals surface area contributed by atoms with Crippen LogP contribution in [-0.2, 0) is 27.2 Å². The second-order valence-electron chi connectivity index (χ2n) is 8.57. The van der Waals surface area contributed by atoms with Crippen molar-refractivity contribution in [2.75, 3.05) is 19.0 Å². The Kier molecular flexibility index (Phi) is 9.52. The standard InChI is InChI=1S/C28H26ClN3O7S/c1-3-38-28(36)23-18-9-5-7-11-22(18)40-26(23)31-24(33)25(34)32-30-15-16-12-13-20(21(14-16)37-2)39-27(35)17-8-4-6-10-19(17)29/h4,6,8,10,12-15H,3,5,7,9,11H2,1-2H3,(H,31,33)(H,32,34). The molecule has 208 valence electrons. The summed E-state index contributed by atoms with van der Waals surface area (Å²) in [5.74, 6) is -2.77. The van der Waals surface area contributed by atoms with Gasteiger partial charge in [-0.05, 0) is 74.1 Å². The van der Waals surface area contributed by atoms with Gasteiger partial charge in [0.15, 0.2) is 11.5 Å². The number of anilines is 1. The van der Waals surface area contributed by atoms with E-state index in [4.69, 9.17) is 25.8 Å². The number of hydrogen-bond acceptors (Lipinski definition) is 9. The van der Waals surface area contributed by atoms with Crippen molar-refractivity contribution in [3.63, 3.8) is 0 Å². The number of halogens is 1. The monoisotopic (exact) mass is 583 g/mol. The molecule has 2 N–H and O–H groups in total. The number of benzene rings is 2. The van der Waals surface area contributed by atoms with E-state index in [-0.39, 0.29) is 28.7 Å². The van der Waals surface area contributed by atoms with E-state index in [9.17, 15) is 19.2 Å². The average Bonchev–Trinajstić information content (AvgIpc) is 3.31. The van der Waals surface area contributed by atoms with Crippen LogP contribution in [0.5, 0.6) is 11.5 Å². The number of carbonyl (C=O) groups is 4. The number of hydrogen-bond donors (Lipinski definition) is 2. The molecule has 1 aliphatic carbocycles. The van der Waals surface area contributed by atoms with Crippen molar-refractivity contribution < 1.29 is 33.4 Å². The highest BCUT2D eigenvalue weighted by Gasteiger charge is 2.28. The summed E-state index contributed by atoms with van der Waals surface area (Å²) in [4.78, 5) is 51.0. The van der Waals surface area contributed by atoms with Crippen LogP contribution in [0.4, 0.5) is 5.00 Å². The number of carbonyl (C=O) groups excluding carboxylic acids is 4. The Balaban J connectivity index is 1.40. The number of nitrogens with zero attached hydrogens (tertiary/aromatic N) is 1. The molecule has 12 heteroatoms. The van der Waals surface area contributed by atoms with Crippen LogP contribution in [0.3, 0.4) is 0 Å². The Bertz CT molecular complexity index is 1480. The fourth-order valence-electron chi connectivity index (χ4n) is 4.08. The van der Waals surface area contributed by atoms with Crippen molar-refractivity contribution in [3.05, 3.63) is 74.6 Å². The summed E-state index contributed by atoms with van der Waals surface area (Å²) in [6.45, 7) is 1.90. The van der Waals surface area contributed by atoms with Gasteiger partial charge in [0.1, 0.15) is 5.00 Å². The number of aryl methyl sites for hydroxylation is 1. The van der Waals surface area contributed by atoms with Crippen molar-refractivity contribution in [2.24, 2.45) is 5.10 Å². The summed E-state index contributed by atoms with van der Waals surface area (Å²) < 4.78 is 15.9. The van der Waals surface area contributed by atoms with Crippen molar-refractivity contribution in [3.8, 4) is 11.5 Å². The van der Waals surface area contributed by atoms with E-state index in [1.165, 1.54) is 36.8 Å². The molecule has 40 heavy (non-hydrogen) atoms. The number of thiophene rings is 1. The number of ether oxygens (including phenoxy) is 3. The smallest absolute Gasteiger partial charge is 0.345 e. The molecule has 0 unspecified atom stereocenters. The lowest BCUT2D eigenvalue weighted by Gasteiger charge is -2.12. The molecule has 0 radical (unpaired) electrons. The van der Waals surface area contributed by atoms with E-state index in [2.05, 4.69) is 15.8 Å². The van der Waals surface area contributed by atoms with Crippen LogP contribution in [0.2, 0.25) is 5.02 Å². The fraction of sp³-hybridized carbons (Fsp3) is 0.250. The Hall–Kier alpha value is -4.22. The third-order valence-corrected chi connectivity index (χ3v) is 7.48.